The van der Waals surface area contributed by atoms with Gasteiger partial charge in [0.1, 0.15) is 5.82 Å². The summed E-state index contributed by atoms with van der Waals surface area (Å²) in [7, 11) is 0. The summed E-state index contributed by atoms with van der Waals surface area (Å²) in [5, 5.41) is 3.36. The molecule has 88 valence electrons. The van der Waals surface area contributed by atoms with Crippen molar-refractivity contribution >= 4 is 0 Å². The first-order valence-corrected chi connectivity index (χ1v) is 5.94. The molecular formula is C12H19N3O. The first-order chi connectivity index (χ1) is 7.66. The Hall–Kier alpha value is -1.16. The summed E-state index contributed by atoms with van der Waals surface area (Å²) in [6, 6.07) is 0. The van der Waals surface area contributed by atoms with E-state index >= 15 is 0 Å². The van der Waals surface area contributed by atoms with Crippen LogP contribution in [0.4, 0.5) is 0 Å². The average Bonchev–Trinajstić information content (AvgIpc) is 2.74. The molecule has 0 aromatic carbocycles. The second-order valence-corrected chi connectivity index (χ2v) is 4.62. The van der Waals surface area contributed by atoms with Crippen LogP contribution < -0.4 is 10.9 Å². The molecule has 0 aliphatic carbocycles. The van der Waals surface area contributed by atoms with E-state index < -0.39 is 0 Å². The molecule has 1 aromatic heterocycles. The second-order valence-electron chi connectivity index (χ2n) is 4.62. The molecular weight excluding hydrogens is 202 g/mol. The minimum Gasteiger partial charge on any atom is -0.316 e. The van der Waals surface area contributed by atoms with E-state index in [2.05, 4.69) is 15.3 Å². The van der Waals surface area contributed by atoms with Gasteiger partial charge in [0.2, 0.25) is 0 Å². The molecule has 2 rings (SSSR count). The van der Waals surface area contributed by atoms with Crippen LogP contribution in [0, 0.1) is 19.8 Å². The number of aromatic amines is 1. The van der Waals surface area contributed by atoms with Crippen LogP contribution in [0.1, 0.15) is 29.9 Å². The molecule has 0 spiro atoms. The SMILES string of the molecule is Cc1nc(CCC2CCNC2)c(C)c(=O)[nH]1. The summed E-state index contributed by atoms with van der Waals surface area (Å²) in [6.45, 7) is 5.93. The Balaban J connectivity index is 2.05. The minimum absolute atomic E-state index is 0.00652. The third-order valence-corrected chi connectivity index (χ3v) is 3.32. The van der Waals surface area contributed by atoms with E-state index in [9.17, 15) is 4.79 Å². The summed E-state index contributed by atoms with van der Waals surface area (Å²) < 4.78 is 0. The summed E-state index contributed by atoms with van der Waals surface area (Å²) in [4.78, 5) is 18.7. The van der Waals surface area contributed by atoms with Crippen LogP contribution in [-0.2, 0) is 6.42 Å². The molecule has 2 N–H and O–H groups in total. The lowest BCUT2D eigenvalue weighted by molar-refractivity contribution is 0.527. The van der Waals surface area contributed by atoms with Gasteiger partial charge in [0, 0.05) is 5.56 Å². The lowest BCUT2D eigenvalue weighted by atomic mass is 10.00. The average molecular weight is 221 g/mol. The van der Waals surface area contributed by atoms with E-state index in [1.54, 1.807) is 0 Å². The minimum atomic E-state index is 0.00652. The number of aromatic nitrogens is 2. The zero-order valence-corrected chi connectivity index (χ0v) is 9.97. The van der Waals surface area contributed by atoms with Crippen molar-refractivity contribution in [1.29, 1.82) is 0 Å². The predicted molar refractivity (Wildman–Crippen MR) is 63.6 cm³/mol. The molecule has 1 aliphatic rings. The van der Waals surface area contributed by atoms with E-state index in [0.717, 1.165) is 48.9 Å². The van der Waals surface area contributed by atoms with Crippen molar-refractivity contribution in [2.45, 2.75) is 33.1 Å². The van der Waals surface area contributed by atoms with E-state index in [1.807, 2.05) is 13.8 Å². The quantitative estimate of drug-likeness (QED) is 0.798. The van der Waals surface area contributed by atoms with Crippen LogP contribution in [0.15, 0.2) is 4.79 Å². The molecule has 1 saturated heterocycles. The molecule has 1 aliphatic heterocycles. The van der Waals surface area contributed by atoms with E-state index in [1.165, 1.54) is 6.42 Å². The molecule has 0 saturated carbocycles. The van der Waals surface area contributed by atoms with Crippen LogP contribution in [-0.4, -0.2) is 23.1 Å². The molecule has 4 heteroatoms. The summed E-state index contributed by atoms with van der Waals surface area (Å²) in [6.07, 6.45) is 3.30. The normalized spacial score (nSPS) is 20.2. The topological polar surface area (TPSA) is 57.8 Å². The number of nitrogens with one attached hydrogen (secondary N) is 2. The van der Waals surface area contributed by atoms with Crippen LogP contribution in [0.5, 0.6) is 0 Å². The Kier molecular flexibility index (Phi) is 3.39. The highest BCUT2D eigenvalue weighted by molar-refractivity contribution is 5.15. The van der Waals surface area contributed by atoms with Gasteiger partial charge in [0.15, 0.2) is 0 Å². The lowest BCUT2D eigenvalue weighted by Crippen LogP contribution is -2.17. The van der Waals surface area contributed by atoms with E-state index in [4.69, 9.17) is 0 Å². The maximum Gasteiger partial charge on any atom is 0.254 e. The monoisotopic (exact) mass is 221 g/mol. The Bertz CT molecular complexity index is 419. The molecule has 0 radical (unpaired) electrons. The third-order valence-electron chi connectivity index (χ3n) is 3.32. The molecule has 1 unspecified atom stereocenters. The van der Waals surface area contributed by atoms with Crippen molar-refractivity contribution in [2.24, 2.45) is 5.92 Å². The van der Waals surface area contributed by atoms with Crippen molar-refractivity contribution < 1.29 is 0 Å². The number of nitrogens with zero attached hydrogens (tertiary/aromatic N) is 1. The first-order valence-electron chi connectivity index (χ1n) is 5.94. The maximum atomic E-state index is 11.5. The van der Waals surface area contributed by atoms with Crippen molar-refractivity contribution in [3.63, 3.8) is 0 Å². The highest BCUT2D eigenvalue weighted by Crippen LogP contribution is 2.15. The molecule has 4 nitrogen and oxygen atoms in total. The van der Waals surface area contributed by atoms with Gasteiger partial charge in [-0.05, 0) is 52.1 Å². The van der Waals surface area contributed by atoms with Gasteiger partial charge in [-0.15, -0.1) is 0 Å². The molecule has 0 amide bonds. The number of hydrogen-bond donors (Lipinski definition) is 2. The summed E-state index contributed by atoms with van der Waals surface area (Å²) in [5.41, 5.74) is 1.75. The van der Waals surface area contributed by atoms with Gasteiger partial charge in [-0.2, -0.15) is 0 Å². The molecule has 0 bridgehead atoms. The van der Waals surface area contributed by atoms with Gasteiger partial charge in [0.25, 0.3) is 5.56 Å². The Labute approximate surface area is 95.5 Å². The Morgan fingerprint density at radius 2 is 2.25 bits per heavy atom. The van der Waals surface area contributed by atoms with Gasteiger partial charge >= 0.3 is 0 Å². The standard InChI is InChI=1S/C12H19N3O/c1-8-11(14-9(2)15-12(8)16)4-3-10-5-6-13-7-10/h10,13H,3-7H2,1-2H3,(H,14,15,16). The fourth-order valence-electron chi connectivity index (χ4n) is 2.25. The third kappa shape index (κ3) is 2.50. The fraction of sp³-hybridized carbons (Fsp3) is 0.667. The van der Waals surface area contributed by atoms with Crippen molar-refractivity contribution in [3.8, 4) is 0 Å². The highest BCUT2D eigenvalue weighted by Gasteiger charge is 2.15. The predicted octanol–water partition coefficient (Wildman–Crippen LogP) is 0.929. The second kappa shape index (κ2) is 4.78. The number of aryl methyl sites for hydroxylation is 2. The maximum absolute atomic E-state index is 11.5. The lowest BCUT2D eigenvalue weighted by Gasteiger charge is -2.09. The van der Waals surface area contributed by atoms with Gasteiger partial charge < -0.3 is 10.3 Å². The van der Waals surface area contributed by atoms with Gasteiger partial charge in [-0.25, -0.2) is 4.98 Å². The van der Waals surface area contributed by atoms with Crippen molar-refractivity contribution in [1.82, 2.24) is 15.3 Å². The molecule has 1 aromatic rings. The summed E-state index contributed by atoms with van der Waals surface area (Å²) >= 11 is 0. The van der Waals surface area contributed by atoms with Crippen LogP contribution in [0.2, 0.25) is 0 Å². The van der Waals surface area contributed by atoms with Crippen molar-refractivity contribution in [2.75, 3.05) is 13.1 Å². The van der Waals surface area contributed by atoms with Gasteiger partial charge in [-0.3, -0.25) is 4.79 Å². The smallest absolute Gasteiger partial charge is 0.254 e. The molecule has 2 heterocycles. The zero-order chi connectivity index (χ0) is 11.5. The zero-order valence-electron chi connectivity index (χ0n) is 9.97. The van der Waals surface area contributed by atoms with Crippen LogP contribution in [0.25, 0.3) is 0 Å². The molecule has 1 fully saturated rings. The van der Waals surface area contributed by atoms with E-state index in [0.29, 0.717) is 0 Å². The Morgan fingerprint density at radius 3 is 2.94 bits per heavy atom. The first kappa shape index (κ1) is 11.3. The fourth-order valence-corrected chi connectivity index (χ4v) is 2.25. The van der Waals surface area contributed by atoms with E-state index in [-0.39, 0.29) is 5.56 Å². The van der Waals surface area contributed by atoms with Crippen LogP contribution >= 0.6 is 0 Å². The van der Waals surface area contributed by atoms with Crippen molar-refractivity contribution in [3.05, 3.63) is 27.4 Å². The Morgan fingerprint density at radius 1 is 1.44 bits per heavy atom. The molecule has 16 heavy (non-hydrogen) atoms. The van der Waals surface area contributed by atoms with Gasteiger partial charge in [0.05, 0.1) is 5.69 Å². The number of hydrogen-bond acceptors (Lipinski definition) is 3. The largest absolute Gasteiger partial charge is 0.316 e. The summed E-state index contributed by atoms with van der Waals surface area (Å²) in [5.74, 6) is 1.47. The highest BCUT2D eigenvalue weighted by atomic mass is 16.1. The van der Waals surface area contributed by atoms with Gasteiger partial charge in [-0.1, -0.05) is 0 Å². The number of H-pyrrole nitrogens is 1. The number of rotatable bonds is 3. The van der Waals surface area contributed by atoms with Crippen LogP contribution in [0.3, 0.4) is 0 Å². The molecule has 1 atom stereocenters.